The standard InChI is InChI=1S/C13H26N2O2/c1-10(11-6-8-17-9-11)14-7-5-12(16)15-13(2,3)4/h10-11,14H,5-9H2,1-4H3,(H,15,16). The van der Waals surface area contributed by atoms with Crippen LogP contribution in [-0.2, 0) is 9.53 Å². The van der Waals surface area contributed by atoms with Crippen molar-refractivity contribution in [3.8, 4) is 0 Å². The second-order valence-corrected chi connectivity index (χ2v) is 5.91. The Morgan fingerprint density at radius 1 is 1.47 bits per heavy atom. The van der Waals surface area contributed by atoms with Crippen molar-refractivity contribution in [3.05, 3.63) is 0 Å². The van der Waals surface area contributed by atoms with Crippen molar-refractivity contribution in [3.63, 3.8) is 0 Å². The van der Waals surface area contributed by atoms with Crippen LogP contribution < -0.4 is 10.6 Å². The second-order valence-electron chi connectivity index (χ2n) is 5.91. The Bertz CT molecular complexity index is 242. The van der Waals surface area contributed by atoms with Gasteiger partial charge in [0.2, 0.25) is 5.91 Å². The highest BCUT2D eigenvalue weighted by Gasteiger charge is 2.22. The average molecular weight is 242 g/mol. The van der Waals surface area contributed by atoms with Crippen molar-refractivity contribution < 1.29 is 9.53 Å². The first-order valence-electron chi connectivity index (χ1n) is 6.50. The van der Waals surface area contributed by atoms with E-state index in [1.54, 1.807) is 0 Å². The van der Waals surface area contributed by atoms with Crippen LogP contribution in [0, 0.1) is 5.92 Å². The van der Waals surface area contributed by atoms with Gasteiger partial charge >= 0.3 is 0 Å². The molecular weight excluding hydrogens is 216 g/mol. The van der Waals surface area contributed by atoms with Gasteiger partial charge in [-0.3, -0.25) is 4.79 Å². The van der Waals surface area contributed by atoms with Crippen molar-refractivity contribution in [2.75, 3.05) is 19.8 Å². The molecule has 0 saturated carbocycles. The fourth-order valence-electron chi connectivity index (χ4n) is 2.01. The van der Waals surface area contributed by atoms with Gasteiger partial charge in [0.05, 0.1) is 6.61 Å². The molecule has 4 nitrogen and oxygen atoms in total. The molecule has 1 aliphatic rings. The van der Waals surface area contributed by atoms with E-state index in [-0.39, 0.29) is 11.4 Å². The molecule has 2 atom stereocenters. The summed E-state index contributed by atoms with van der Waals surface area (Å²) < 4.78 is 5.35. The zero-order valence-corrected chi connectivity index (χ0v) is 11.5. The molecule has 17 heavy (non-hydrogen) atoms. The van der Waals surface area contributed by atoms with Crippen molar-refractivity contribution in [2.24, 2.45) is 5.92 Å². The lowest BCUT2D eigenvalue weighted by molar-refractivity contribution is -0.122. The van der Waals surface area contributed by atoms with E-state index >= 15 is 0 Å². The van der Waals surface area contributed by atoms with Crippen LogP contribution in [0.1, 0.15) is 40.5 Å². The Morgan fingerprint density at radius 2 is 2.18 bits per heavy atom. The smallest absolute Gasteiger partial charge is 0.221 e. The lowest BCUT2D eigenvalue weighted by Crippen LogP contribution is -2.42. The molecular formula is C13H26N2O2. The molecule has 0 aromatic heterocycles. The number of hydrogen-bond acceptors (Lipinski definition) is 3. The topological polar surface area (TPSA) is 50.4 Å². The van der Waals surface area contributed by atoms with Crippen LogP contribution in [0.25, 0.3) is 0 Å². The SMILES string of the molecule is CC(NCCC(=O)NC(C)(C)C)C1CCOC1. The molecule has 1 heterocycles. The van der Waals surface area contributed by atoms with Crippen molar-refractivity contribution in [1.29, 1.82) is 0 Å². The molecule has 0 bridgehead atoms. The molecule has 0 aromatic carbocycles. The molecule has 0 radical (unpaired) electrons. The Hall–Kier alpha value is -0.610. The second kappa shape index (κ2) is 6.36. The molecule has 0 spiro atoms. The van der Waals surface area contributed by atoms with E-state index < -0.39 is 0 Å². The van der Waals surface area contributed by atoms with Crippen LogP contribution in [-0.4, -0.2) is 37.2 Å². The van der Waals surface area contributed by atoms with Crippen molar-refractivity contribution in [2.45, 2.75) is 52.1 Å². The third-order valence-electron chi connectivity index (χ3n) is 3.00. The van der Waals surface area contributed by atoms with Gasteiger partial charge in [0.25, 0.3) is 0 Å². The molecule has 1 rings (SSSR count). The third kappa shape index (κ3) is 6.03. The number of amides is 1. The third-order valence-corrected chi connectivity index (χ3v) is 3.00. The quantitative estimate of drug-likeness (QED) is 0.764. The minimum atomic E-state index is -0.137. The number of rotatable bonds is 5. The van der Waals surface area contributed by atoms with E-state index in [4.69, 9.17) is 4.74 Å². The highest BCUT2D eigenvalue weighted by molar-refractivity contribution is 5.76. The molecule has 0 aromatic rings. The zero-order valence-electron chi connectivity index (χ0n) is 11.5. The monoisotopic (exact) mass is 242 g/mol. The molecule has 100 valence electrons. The van der Waals surface area contributed by atoms with Crippen LogP contribution in [0.2, 0.25) is 0 Å². The van der Waals surface area contributed by atoms with Crippen molar-refractivity contribution >= 4 is 5.91 Å². The first kappa shape index (κ1) is 14.5. The summed E-state index contributed by atoms with van der Waals surface area (Å²) in [5, 5.41) is 6.36. The summed E-state index contributed by atoms with van der Waals surface area (Å²) in [6, 6.07) is 0.430. The molecule has 1 saturated heterocycles. The van der Waals surface area contributed by atoms with E-state index in [1.807, 2.05) is 20.8 Å². The van der Waals surface area contributed by atoms with Gasteiger partial charge in [-0.1, -0.05) is 0 Å². The van der Waals surface area contributed by atoms with Crippen molar-refractivity contribution in [1.82, 2.24) is 10.6 Å². The van der Waals surface area contributed by atoms with Gasteiger partial charge in [-0.25, -0.2) is 0 Å². The van der Waals surface area contributed by atoms with E-state index in [2.05, 4.69) is 17.6 Å². The number of carbonyl (C=O) groups is 1. The summed E-state index contributed by atoms with van der Waals surface area (Å²) in [6.45, 7) is 10.6. The maximum Gasteiger partial charge on any atom is 0.221 e. The minimum absolute atomic E-state index is 0.111. The van der Waals surface area contributed by atoms with E-state index in [0.29, 0.717) is 18.4 Å². The summed E-state index contributed by atoms with van der Waals surface area (Å²) in [4.78, 5) is 11.6. The fourth-order valence-corrected chi connectivity index (χ4v) is 2.01. The predicted molar refractivity (Wildman–Crippen MR) is 68.9 cm³/mol. The van der Waals surface area contributed by atoms with Crippen LogP contribution in [0.5, 0.6) is 0 Å². The average Bonchev–Trinajstić information content (AvgIpc) is 2.66. The van der Waals surface area contributed by atoms with E-state index in [1.165, 1.54) is 0 Å². The molecule has 2 unspecified atom stereocenters. The Labute approximate surface area is 104 Å². The molecule has 1 aliphatic heterocycles. The maximum absolute atomic E-state index is 11.6. The Morgan fingerprint density at radius 3 is 2.71 bits per heavy atom. The molecule has 4 heteroatoms. The van der Waals surface area contributed by atoms with Gasteiger partial charge < -0.3 is 15.4 Å². The minimum Gasteiger partial charge on any atom is -0.381 e. The van der Waals surface area contributed by atoms with E-state index in [9.17, 15) is 4.79 Å². The Balaban J connectivity index is 2.12. The lowest BCUT2D eigenvalue weighted by Gasteiger charge is -2.22. The number of ether oxygens (including phenoxy) is 1. The molecule has 1 amide bonds. The highest BCUT2D eigenvalue weighted by Crippen LogP contribution is 2.16. The highest BCUT2D eigenvalue weighted by atomic mass is 16.5. The normalized spacial score (nSPS) is 22.5. The van der Waals surface area contributed by atoms with Crippen LogP contribution in [0.4, 0.5) is 0 Å². The van der Waals surface area contributed by atoms with E-state index in [0.717, 1.165) is 26.2 Å². The number of nitrogens with one attached hydrogen (secondary N) is 2. The fraction of sp³-hybridized carbons (Fsp3) is 0.923. The zero-order chi connectivity index (χ0) is 12.9. The summed E-state index contributed by atoms with van der Waals surface area (Å²) in [6.07, 6.45) is 1.66. The number of carbonyl (C=O) groups excluding carboxylic acids is 1. The van der Waals surface area contributed by atoms with Gasteiger partial charge in [-0.05, 0) is 40.0 Å². The summed E-state index contributed by atoms with van der Waals surface area (Å²) in [5.74, 6) is 0.709. The Kier molecular flexibility index (Phi) is 5.40. The summed E-state index contributed by atoms with van der Waals surface area (Å²) >= 11 is 0. The van der Waals surface area contributed by atoms with Crippen LogP contribution in [0.15, 0.2) is 0 Å². The summed E-state index contributed by atoms with van der Waals surface area (Å²) in [5.41, 5.74) is -0.137. The van der Waals surface area contributed by atoms with Gasteiger partial charge in [0.15, 0.2) is 0 Å². The van der Waals surface area contributed by atoms with Gasteiger partial charge in [-0.15, -0.1) is 0 Å². The number of hydrogen-bond donors (Lipinski definition) is 2. The molecule has 0 aliphatic carbocycles. The van der Waals surface area contributed by atoms with Crippen LogP contribution in [0.3, 0.4) is 0 Å². The summed E-state index contributed by atoms with van der Waals surface area (Å²) in [7, 11) is 0. The molecule has 1 fully saturated rings. The maximum atomic E-state index is 11.6. The van der Waals surface area contributed by atoms with Gasteiger partial charge in [0, 0.05) is 31.2 Å². The first-order valence-corrected chi connectivity index (χ1v) is 6.50. The lowest BCUT2D eigenvalue weighted by atomic mass is 10.0. The predicted octanol–water partition coefficient (Wildman–Crippen LogP) is 1.31. The largest absolute Gasteiger partial charge is 0.381 e. The van der Waals surface area contributed by atoms with Crippen LogP contribution >= 0.6 is 0 Å². The van der Waals surface area contributed by atoms with Gasteiger partial charge in [0.1, 0.15) is 0 Å². The molecule has 2 N–H and O–H groups in total. The first-order chi connectivity index (χ1) is 7.88. The van der Waals surface area contributed by atoms with Gasteiger partial charge in [-0.2, -0.15) is 0 Å².